The molecule has 0 bridgehead atoms. The van der Waals surface area contributed by atoms with Gasteiger partial charge >= 0.3 is 0 Å². The molecule has 0 saturated heterocycles. The lowest BCUT2D eigenvalue weighted by Crippen LogP contribution is -2.39. The molecule has 0 N–H and O–H groups in total. The summed E-state index contributed by atoms with van der Waals surface area (Å²) in [6.07, 6.45) is 42.6. The van der Waals surface area contributed by atoms with Crippen LogP contribution in [0.4, 0.5) is 0 Å². The molecular weight excluding hydrogens is 436 g/mol. The Kier molecular flexibility index (Phi) is 24.1. The Bertz CT molecular complexity index is 460. The second-order valence-corrected chi connectivity index (χ2v) is 11.8. The molecule has 1 rings (SSSR count). The van der Waals surface area contributed by atoms with Crippen molar-refractivity contribution in [3.8, 4) is 0 Å². The van der Waals surface area contributed by atoms with E-state index in [1.54, 1.807) is 0 Å². The molecule has 0 amide bonds. The molecule has 36 heavy (non-hydrogen) atoms. The molecule has 0 aromatic heterocycles. The first-order chi connectivity index (χ1) is 17.8. The average molecular weight is 505 g/mol. The first-order valence-electron chi connectivity index (χ1n) is 17.0. The van der Waals surface area contributed by atoms with Crippen molar-refractivity contribution in [2.75, 3.05) is 13.1 Å². The van der Waals surface area contributed by atoms with Crippen LogP contribution in [0.5, 0.6) is 0 Å². The predicted molar refractivity (Wildman–Crippen MR) is 163 cm³/mol. The highest BCUT2D eigenvalue weighted by molar-refractivity contribution is 4.96. The van der Waals surface area contributed by atoms with Gasteiger partial charge < -0.3 is 9.80 Å². The fourth-order valence-corrected chi connectivity index (χ4v) is 5.81. The maximum absolute atomic E-state index is 2.68. The molecule has 1 heterocycles. The van der Waals surface area contributed by atoms with Gasteiger partial charge in [-0.15, -0.1) is 0 Å². The summed E-state index contributed by atoms with van der Waals surface area (Å²) >= 11 is 0. The van der Waals surface area contributed by atoms with Crippen LogP contribution < -0.4 is 0 Å². The molecule has 0 radical (unpaired) electrons. The maximum atomic E-state index is 2.68. The zero-order valence-corrected chi connectivity index (χ0v) is 25.4. The normalized spacial score (nSPS) is 15.5. The zero-order valence-electron chi connectivity index (χ0n) is 25.4. The fourth-order valence-electron chi connectivity index (χ4n) is 5.81. The van der Waals surface area contributed by atoms with Crippen molar-refractivity contribution in [3.05, 3.63) is 12.4 Å². The molecule has 0 fully saturated rings. The first kappa shape index (κ1) is 33.4. The first-order valence-corrected chi connectivity index (χ1v) is 17.0. The van der Waals surface area contributed by atoms with Crippen LogP contribution >= 0.6 is 0 Å². The van der Waals surface area contributed by atoms with Gasteiger partial charge in [-0.05, 0) is 25.7 Å². The highest BCUT2D eigenvalue weighted by Crippen LogP contribution is 2.23. The molecule has 1 atom stereocenters. The maximum Gasteiger partial charge on any atom is 0.101 e. The van der Waals surface area contributed by atoms with E-state index in [2.05, 4.69) is 43.0 Å². The Morgan fingerprint density at radius 2 is 0.667 bits per heavy atom. The Morgan fingerprint density at radius 1 is 0.361 bits per heavy atom. The van der Waals surface area contributed by atoms with Crippen LogP contribution in [0, 0.1) is 0 Å². The van der Waals surface area contributed by atoms with Crippen molar-refractivity contribution in [1.29, 1.82) is 0 Å². The lowest BCUT2D eigenvalue weighted by atomic mass is 10.0. The van der Waals surface area contributed by atoms with E-state index in [9.17, 15) is 0 Å². The van der Waals surface area contributed by atoms with Gasteiger partial charge in [0.2, 0.25) is 0 Å². The van der Waals surface area contributed by atoms with Crippen LogP contribution in [0.2, 0.25) is 0 Å². The number of rotatable bonds is 28. The molecule has 0 spiro atoms. The quantitative estimate of drug-likeness (QED) is 0.0977. The van der Waals surface area contributed by atoms with E-state index in [4.69, 9.17) is 0 Å². The molecule has 1 unspecified atom stereocenters. The highest BCUT2D eigenvalue weighted by atomic mass is 15.4. The summed E-state index contributed by atoms with van der Waals surface area (Å²) in [7, 11) is 0. The average Bonchev–Trinajstić information content (AvgIpc) is 3.27. The summed E-state index contributed by atoms with van der Waals surface area (Å²) in [5.74, 6) is 0. The van der Waals surface area contributed by atoms with E-state index in [1.165, 1.54) is 180 Å². The molecule has 1 aliphatic rings. The van der Waals surface area contributed by atoms with Crippen molar-refractivity contribution in [1.82, 2.24) is 9.80 Å². The van der Waals surface area contributed by atoms with Crippen molar-refractivity contribution < 1.29 is 0 Å². The van der Waals surface area contributed by atoms with Gasteiger partial charge in [-0.2, -0.15) is 0 Å². The third-order valence-corrected chi connectivity index (χ3v) is 8.32. The third kappa shape index (κ3) is 18.6. The summed E-state index contributed by atoms with van der Waals surface area (Å²) in [4.78, 5) is 5.32. The van der Waals surface area contributed by atoms with Crippen LogP contribution in [-0.2, 0) is 0 Å². The Hall–Kier alpha value is -0.660. The van der Waals surface area contributed by atoms with Crippen LogP contribution in [0.1, 0.15) is 188 Å². The standard InChI is InChI=1S/C34H68N2/c1-4-7-10-12-14-15-16-17-18-19-20-21-22-24-26-28-31-36-33-32-35(30-9-6-3)34(36)29-27-25-23-13-11-8-5-2/h32-34H,4-31H2,1-3H3. The Labute approximate surface area is 229 Å². The Balaban J connectivity index is 2.02. The fraction of sp³-hybridized carbons (Fsp3) is 0.941. The molecule has 2 nitrogen and oxygen atoms in total. The van der Waals surface area contributed by atoms with Gasteiger partial charge in [0, 0.05) is 25.5 Å². The molecule has 0 aromatic rings. The molecule has 0 aliphatic carbocycles. The van der Waals surface area contributed by atoms with Gasteiger partial charge in [-0.3, -0.25) is 0 Å². The smallest absolute Gasteiger partial charge is 0.101 e. The summed E-state index contributed by atoms with van der Waals surface area (Å²) in [6.45, 7) is 9.44. The second-order valence-electron chi connectivity index (χ2n) is 11.8. The van der Waals surface area contributed by atoms with Crippen LogP contribution in [-0.4, -0.2) is 29.1 Å². The molecule has 2 heteroatoms. The SMILES string of the molecule is CCCCCCCCCCCCCCCCCCN1C=CN(CCCC)C1CCCCCCCCC. The summed E-state index contributed by atoms with van der Waals surface area (Å²) in [6, 6.07) is 0. The molecule has 0 saturated carbocycles. The molecule has 0 aromatic carbocycles. The van der Waals surface area contributed by atoms with Gasteiger partial charge in [-0.1, -0.05) is 162 Å². The van der Waals surface area contributed by atoms with Crippen molar-refractivity contribution in [3.63, 3.8) is 0 Å². The van der Waals surface area contributed by atoms with Crippen molar-refractivity contribution >= 4 is 0 Å². The van der Waals surface area contributed by atoms with E-state index in [-0.39, 0.29) is 0 Å². The minimum absolute atomic E-state index is 0.642. The number of hydrogen-bond donors (Lipinski definition) is 0. The van der Waals surface area contributed by atoms with E-state index in [1.807, 2.05) is 0 Å². The summed E-state index contributed by atoms with van der Waals surface area (Å²) in [5, 5.41) is 0. The van der Waals surface area contributed by atoms with Crippen LogP contribution in [0.25, 0.3) is 0 Å². The van der Waals surface area contributed by atoms with Gasteiger partial charge in [0.25, 0.3) is 0 Å². The Morgan fingerprint density at radius 3 is 1.06 bits per heavy atom. The van der Waals surface area contributed by atoms with Crippen molar-refractivity contribution in [2.24, 2.45) is 0 Å². The number of unbranched alkanes of at least 4 members (excludes halogenated alkanes) is 22. The van der Waals surface area contributed by atoms with Gasteiger partial charge in [-0.25, -0.2) is 0 Å². The minimum Gasteiger partial charge on any atom is -0.356 e. The largest absolute Gasteiger partial charge is 0.356 e. The van der Waals surface area contributed by atoms with Crippen LogP contribution in [0.3, 0.4) is 0 Å². The molecule has 1 aliphatic heterocycles. The lowest BCUT2D eigenvalue weighted by Gasteiger charge is -2.33. The van der Waals surface area contributed by atoms with E-state index in [0.717, 1.165) is 0 Å². The summed E-state index contributed by atoms with van der Waals surface area (Å²) < 4.78 is 0. The van der Waals surface area contributed by atoms with E-state index in [0.29, 0.717) is 6.17 Å². The van der Waals surface area contributed by atoms with Gasteiger partial charge in [0.1, 0.15) is 6.17 Å². The highest BCUT2D eigenvalue weighted by Gasteiger charge is 2.24. The number of hydrogen-bond acceptors (Lipinski definition) is 2. The van der Waals surface area contributed by atoms with Gasteiger partial charge in [0.05, 0.1) is 0 Å². The van der Waals surface area contributed by atoms with E-state index < -0.39 is 0 Å². The molecule has 214 valence electrons. The van der Waals surface area contributed by atoms with Gasteiger partial charge in [0.15, 0.2) is 0 Å². The number of nitrogens with zero attached hydrogens (tertiary/aromatic N) is 2. The van der Waals surface area contributed by atoms with E-state index >= 15 is 0 Å². The second kappa shape index (κ2) is 26.0. The topological polar surface area (TPSA) is 6.48 Å². The minimum atomic E-state index is 0.642. The zero-order chi connectivity index (χ0) is 25.9. The van der Waals surface area contributed by atoms with Crippen molar-refractivity contribution in [2.45, 2.75) is 194 Å². The summed E-state index contributed by atoms with van der Waals surface area (Å²) in [5.41, 5.74) is 0. The molecular formula is C34H68N2. The monoisotopic (exact) mass is 505 g/mol. The third-order valence-electron chi connectivity index (χ3n) is 8.32. The van der Waals surface area contributed by atoms with Crippen LogP contribution in [0.15, 0.2) is 12.4 Å². The lowest BCUT2D eigenvalue weighted by molar-refractivity contribution is 0.136. The predicted octanol–water partition coefficient (Wildman–Crippen LogP) is 11.6.